The highest BCUT2D eigenvalue weighted by Gasteiger charge is 2.17. The van der Waals surface area contributed by atoms with Crippen molar-refractivity contribution in [2.75, 3.05) is 31.1 Å². The molecule has 1 aromatic heterocycles. The molecule has 1 aliphatic heterocycles. The van der Waals surface area contributed by atoms with E-state index in [9.17, 15) is 0 Å². The highest BCUT2D eigenvalue weighted by atomic mass is 79.9. The number of aromatic nitrogens is 2. The molecule has 0 radical (unpaired) electrons. The Morgan fingerprint density at radius 2 is 1.79 bits per heavy atom. The Hall–Kier alpha value is -1.46. The van der Waals surface area contributed by atoms with Gasteiger partial charge in [0, 0.05) is 31.7 Å². The fourth-order valence-corrected chi connectivity index (χ4v) is 2.60. The summed E-state index contributed by atoms with van der Waals surface area (Å²) in [5, 5.41) is 11.9. The van der Waals surface area contributed by atoms with Gasteiger partial charge in [-0.05, 0) is 22.0 Å². The zero-order chi connectivity index (χ0) is 13.1. The second kappa shape index (κ2) is 5.67. The Bertz CT molecular complexity index is 553. The van der Waals surface area contributed by atoms with Crippen LogP contribution in [0.25, 0.3) is 11.3 Å². The lowest BCUT2D eigenvalue weighted by atomic mass is 10.1. The van der Waals surface area contributed by atoms with Crippen molar-refractivity contribution in [3.05, 3.63) is 41.0 Å². The second-order valence-electron chi connectivity index (χ2n) is 4.50. The van der Waals surface area contributed by atoms with Gasteiger partial charge in [-0.1, -0.05) is 30.3 Å². The maximum absolute atomic E-state index is 4.36. The maximum atomic E-state index is 4.36. The summed E-state index contributed by atoms with van der Waals surface area (Å²) in [5.74, 6) is 0. The zero-order valence-corrected chi connectivity index (χ0v) is 12.1. The third kappa shape index (κ3) is 2.77. The van der Waals surface area contributed by atoms with Crippen LogP contribution in [0.5, 0.6) is 0 Å². The summed E-state index contributed by atoms with van der Waals surface area (Å²) in [7, 11) is 0. The van der Waals surface area contributed by atoms with Crippen molar-refractivity contribution < 1.29 is 0 Å². The van der Waals surface area contributed by atoms with E-state index in [1.165, 1.54) is 0 Å². The van der Waals surface area contributed by atoms with E-state index in [2.05, 4.69) is 54.5 Å². The molecule has 0 bridgehead atoms. The minimum absolute atomic E-state index is 0.778. The van der Waals surface area contributed by atoms with Crippen LogP contribution in [0.3, 0.4) is 0 Å². The van der Waals surface area contributed by atoms with Crippen molar-refractivity contribution in [3.8, 4) is 11.3 Å². The van der Waals surface area contributed by atoms with Crippen LogP contribution in [0.4, 0.5) is 5.69 Å². The number of rotatable bonds is 2. The average Bonchev–Trinajstić information content (AvgIpc) is 2.49. The smallest absolute Gasteiger partial charge is 0.130 e. The number of anilines is 1. The largest absolute Gasteiger partial charge is 0.367 e. The third-order valence-electron chi connectivity index (χ3n) is 3.25. The number of piperazine rings is 1. The second-order valence-corrected chi connectivity index (χ2v) is 5.32. The molecule has 19 heavy (non-hydrogen) atoms. The molecule has 0 aliphatic carbocycles. The first-order chi connectivity index (χ1) is 9.34. The molecule has 1 fully saturated rings. The fraction of sp³-hybridized carbons (Fsp3) is 0.286. The quantitative estimate of drug-likeness (QED) is 0.922. The molecule has 5 heteroatoms. The molecular formula is C14H15BrN4. The number of hydrogen-bond donors (Lipinski definition) is 1. The van der Waals surface area contributed by atoms with E-state index in [1.807, 2.05) is 18.2 Å². The van der Waals surface area contributed by atoms with Crippen LogP contribution in [-0.4, -0.2) is 36.4 Å². The first kappa shape index (κ1) is 12.6. The Morgan fingerprint density at radius 1 is 1.05 bits per heavy atom. The summed E-state index contributed by atoms with van der Waals surface area (Å²) in [5.41, 5.74) is 3.20. The molecule has 98 valence electrons. The molecule has 2 heterocycles. The molecule has 1 N–H and O–H groups in total. The van der Waals surface area contributed by atoms with Gasteiger partial charge in [-0.2, -0.15) is 0 Å². The molecule has 4 nitrogen and oxygen atoms in total. The summed E-state index contributed by atoms with van der Waals surface area (Å²) in [6.07, 6.45) is 0. The molecule has 0 atom stereocenters. The van der Waals surface area contributed by atoms with Gasteiger partial charge in [0.05, 0.1) is 5.69 Å². The lowest BCUT2D eigenvalue weighted by Crippen LogP contribution is -2.43. The summed E-state index contributed by atoms with van der Waals surface area (Å²) >= 11 is 3.42. The van der Waals surface area contributed by atoms with E-state index in [0.29, 0.717) is 0 Å². The third-order valence-corrected chi connectivity index (χ3v) is 3.64. The van der Waals surface area contributed by atoms with Gasteiger partial charge in [-0.15, -0.1) is 10.2 Å². The molecule has 0 saturated carbocycles. The van der Waals surface area contributed by atoms with Gasteiger partial charge in [-0.25, -0.2) is 0 Å². The predicted octanol–water partition coefficient (Wildman–Crippen LogP) is 2.32. The molecule has 1 saturated heterocycles. The SMILES string of the molecule is Brc1cc(N2CCNCC2)c(-c2ccccc2)nn1. The Balaban J connectivity index is 2.04. The van der Waals surface area contributed by atoms with Crippen molar-refractivity contribution in [2.24, 2.45) is 0 Å². The van der Waals surface area contributed by atoms with Crippen molar-refractivity contribution in [1.29, 1.82) is 0 Å². The summed E-state index contributed by atoms with van der Waals surface area (Å²) in [6, 6.07) is 12.3. The number of benzene rings is 1. The topological polar surface area (TPSA) is 41.0 Å². The molecule has 1 aromatic carbocycles. The first-order valence-corrected chi connectivity index (χ1v) is 7.18. The lowest BCUT2D eigenvalue weighted by molar-refractivity contribution is 0.588. The Kier molecular flexibility index (Phi) is 3.75. The standard InChI is InChI=1S/C14H15BrN4/c15-13-10-12(19-8-6-16-7-9-19)14(18-17-13)11-4-2-1-3-5-11/h1-5,10,16H,6-9H2. The lowest BCUT2D eigenvalue weighted by Gasteiger charge is -2.30. The number of nitrogens with zero attached hydrogens (tertiary/aromatic N) is 3. The van der Waals surface area contributed by atoms with Crippen molar-refractivity contribution >= 4 is 21.6 Å². The van der Waals surface area contributed by atoms with Crippen molar-refractivity contribution in [3.63, 3.8) is 0 Å². The first-order valence-electron chi connectivity index (χ1n) is 6.39. The molecule has 3 rings (SSSR count). The normalized spacial score (nSPS) is 15.5. The van der Waals surface area contributed by atoms with Gasteiger partial charge in [0.15, 0.2) is 0 Å². The number of hydrogen-bond acceptors (Lipinski definition) is 4. The van der Waals surface area contributed by atoms with Crippen molar-refractivity contribution in [1.82, 2.24) is 15.5 Å². The maximum Gasteiger partial charge on any atom is 0.130 e. The highest BCUT2D eigenvalue weighted by molar-refractivity contribution is 9.10. The van der Waals surface area contributed by atoms with Gasteiger partial charge >= 0.3 is 0 Å². The summed E-state index contributed by atoms with van der Waals surface area (Å²) in [6.45, 7) is 4.01. The fourth-order valence-electron chi connectivity index (χ4n) is 2.31. The average molecular weight is 319 g/mol. The molecular weight excluding hydrogens is 304 g/mol. The van der Waals surface area contributed by atoms with Gasteiger partial charge in [0.1, 0.15) is 10.3 Å². The van der Waals surface area contributed by atoms with Crippen LogP contribution >= 0.6 is 15.9 Å². The Labute approximate surface area is 121 Å². The zero-order valence-electron chi connectivity index (χ0n) is 10.5. The van der Waals surface area contributed by atoms with Crippen LogP contribution in [0, 0.1) is 0 Å². The minimum Gasteiger partial charge on any atom is -0.367 e. The Morgan fingerprint density at radius 3 is 2.53 bits per heavy atom. The van der Waals surface area contributed by atoms with Gasteiger partial charge < -0.3 is 10.2 Å². The monoisotopic (exact) mass is 318 g/mol. The van der Waals surface area contributed by atoms with E-state index in [-0.39, 0.29) is 0 Å². The molecule has 1 aliphatic rings. The molecule has 0 amide bonds. The van der Waals surface area contributed by atoms with E-state index in [1.54, 1.807) is 0 Å². The minimum atomic E-state index is 0.778. The van der Waals surface area contributed by atoms with E-state index in [4.69, 9.17) is 0 Å². The highest BCUT2D eigenvalue weighted by Crippen LogP contribution is 2.30. The van der Waals surface area contributed by atoms with Crippen LogP contribution in [0.1, 0.15) is 0 Å². The summed E-state index contributed by atoms with van der Waals surface area (Å²) in [4.78, 5) is 2.36. The van der Waals surface area contributed by atoms with E-state index >= 15 is 0 Å². The van der Waals surface area contributed by atoms with E-state index in [0.717, 1.165) is 47.7 Å². The van der Waals surface area contributed by atoms with Crippen LogP contribution in [-0.2, 0) is 0 Å². The van der Waals surface area contributed by atoms with Crippen LogP contribution in [0.15, 0.2) is 41.0 Å². The summed E-state index contributed by atoms with van der Waals surface area (Å²) < 4.78 is 0.778. The molecule has 0 unspecified atom stereocenters. The van der Waals surface area contributed by atoms with Crippen LogP contribution < -0.4 is 10.2 Å². The molecule has 2 aromatic rings. The van der Waals surface area contributed by atoms with Crippen LogP contribution in [0.2, 0.25) is 0 Å². The van der Waals surface area contributed by atoms with Gasteiger partial charge in [0.25, 0.3) is 0 Å². The van der Waals surface area contributed by atoms with Gasteiger partial charge in [-0.3, -0.25) is 0 Å². The van der Waals surface area contributed by atoms with Crippen molar-refractivity contribution in [2.45, 2.75) is 0 Å². The van der Waals surface area contributed by atoms with E-state index < -0.39 is 0 Å². The van der Waals surface area contributed by atoms with Gasteiger partial charge in [0.2, 0.25) is 0 Å². The molecule has 0 spiro atoms. The number of nitrogens with one attached hydrogen (secondary N) is 1. The predicted molar refractivity (Wildman–Crippen MR) is 80.3 cm³/mol. The number of halogens is 1.